The Balaban J connectivity index is 2.66. The molecule has 1 aromatic heterocycles. The van der Waals surface area contributed by atoms with Gasteiger partial charge in [0.25, 0.3) is 5.24 Å². The molecule has 0 unspecified atom stereocenters. The first-order valence-electron chi connectivity index (χ1n) is 4.89. The molecule has 2 rings (SSSR count). The SMILES string of the molecule is Cc1ccccc1-c1cnn(C)c1C(=O)Cl. The van der Waals surface area contributed by atoms with E-state index in [-0.39, 0.29) is 0 Å². The van der Waals surface area contributed by atoms with E-state index in [1.54, 1.807) is 13.2 Å². The van der Waals surface area contributed by atoms with E-state index in [9.17, 15) is 4.79 Å². The highest BCUT2D eigenvalue weighted by atomic mass is 35.5. The van der Waals surface area contributed by atoms with Crippen LogP contribution in [0.2, 0.25) is 0 Å². The summed E-state index contributed by atoms with van der Waals surface area (Å²) in [6, 6.07) is 7.83. The molecule has 2 aromatic rings. The molecule has 1 aromatic carbocycles. The first-order chi connectivity index (χ1) is 7.61. The quantitative estimate of drug-likeness (QED) is 0.749. The Morgan fingerprint density at radius 1 is 1.31 bits per heavy atom. The third kappa shape index (κ3) is 1.74. The summed E-state index contributed by atoms with van der Waals surface area (Å²) in [5.41, 5.74) is 3.28. The minimum absolute atomic E-state index is 0.427. The number of rotatable bonds is 2. The van der Waals surface area contributed by atoms with Gasteiger partial charge in [-0.05, 0) is 29.7 Å². The number of halogens is 1. The monoisotopic (exact) mass is 234 g/mol. The Kier molecular flexibility index (Phi) is 2.79. The lowest BCUT2D eigenvalue weighted by molar-refractivity contribution is 0.107. The van der Waals surface area contributed by atoms with Crippen molar-refractivity contribution in [2.24, 2.45) is 7.05 Å². The van der Waals surface area contributed by atoms with Gasteiger partial charge in [-0.15, -0.1) is 0 Å². The second-order valence-corrected chi connectivity index (χ2v) is 3.96. The molecule has 0 radical (unpaired) electrons. The summed E-state index contributed by atoms with van der Waals surface area (Å²) < 4.78 is 1.50. The van der Waals surface area contributed by atoms with Crippen molar-refractivity contribution in [1.82, 2.24) is 9.78 Å². The van der Waals surface area contributed by atoms with Crippen LogP contribution < -0.4 is 0 Å². The first kappa shape index (κ1) is 10.9. The van der Waals surface area contributed by atoms with Crippen molar-refractivity contribution in [3.63, 3.8) is 0 Å². The maximum absolute atomic E-state index is 11.3. The average Bonchev–Trinajstić information content (AvgIpc) is 2.61. The van der Waals surface area contributed by atoms with Crippen LogP contribution in [0.3, 0.4) is 0 Å². The van der Waals surface area contributed by atoms with E-state index >= 15 is 0 Å². The van der Waals surface area contributed by atoms with E-state index < -0.39 is 5.24 Å². The van der Waals surface area contributed by atoms with Crippen molar-refractivity contribution in [3.8, 4) is 11.1 Å². The summed E-state index contributed by atoms with van der Waals surface area (Å²) >= 11 is 5.56. The molecule has 3 nitrogen and oxygen atoms in total. The van der Waals surface area contributed by atoms with E-state index in [4.69, 9.17) is 11.6 Å². The van der Waals surface area contributed by atoms with Crippen LogP contribution in [0.5, 0.6) is 0 Å². The maximum atomic E-state index is 11.3. The normalized spacial score (nSPS) is 10.4. The maximum Gasteiger partial charge on any atom is 0.271 e. The average molecular weight is 235 g/mol. The van der Waals surface area contributed by atoms with Crippen LogP contribution in [-0.2, 0) is 7.05 Å². The van der Waals surface area contributed by atoms with Gasteiger partial charge in [-0.3, -0.25) is 9.48 Å². The van der Waals surface area contributed by atoms with Crippen LogP contribution in [0.15, 0.2) is 30.5 Å². The minimum Gasteiger partial charge on any atom is -0.274 e. The summed E-state index contributed by atoms with van der Waals surface area (Å²) in [4.78, 5) is 11.3. The molecular weight excluding hydrogens is 224 g/mol. The first-order valence-corrected chi connectivity index (χ1v) is 5.27. The molecule has 16 heavy (non-hydrogen) atoms. The van der Waals surface area contributed by atoms with Crippen molar-refractivity contribution in [3.05, 3.63) is 41.7 Å². The number of aryl methyl sites for hydroxylation is 2. The molecule has 0 amide bonds. The zero-order valence-corrected chi connectivity index (χ0v) is 9.82. The molecule has 0 atom stereocenters. The highest BCUT2D eigenvalue weighted by molar-refractivity contribution is 6.68. The van der Waals surface area contributed by atoms with Crippen LogP contribution in [0.4, 0.5) is 0 Å². The summed E-state index contributed by atoms with van der Waals surface area (Å²) in [6.45, 7) is 1.99. The number of hydrogen-bond acceptors (Lipinski definition) is 2. The van der Waals surface area contributed by atoms with Gasteiger partial charge in [0.1, 0.15) is 5.69 Å². The second-order valence-electron chi connectivity index (χ2n) is 3.62. The molecule has 0 spiro atoms. The Bertz CT molecular complexity index is 546. The van der Waals surface area contributed by atoms with Crippen molar-refractivity contribution < 1.29 is 4.79 Å². The van der Waals surface area contributed by atoms with Crippen LogP contribution >= 0.6 is 11.6 Å². The molecule has 0 N–H and O–H groups in total. The lowest BCUT2D eigenvalue weighted by atomic mass is 10.0. The number of carbonyl (C=O) groups is 1. The molecule has 0 aliphatic carbocycles. The molecule has 0 aliphatic heterocycles. The van der Waals surface area contributed by atoms with Gasteiger partial charge >= 0.3 is 0 Å². The number of hydrogen-bond donors (Lipinski definition) is 0. The summed E-state index contributed by atoms with van der Waals surface area (Å²) in [5, 5.41) is 3.58. The third-order valence-electron chi connectivity index (χ3n) is 2.56. The molecule has 82 valence electrons. The van der Waals surface area contributed by atoms with Gasteiger partial charge < -0.3 is 0 Å². The van der Waals surface area contributed by atoms with Crippen LogP contribution in [0.1, 0.15) is 16.1 Å². The fraction of sp³-hybridized carbons (Fsp3) is 0.167. The van der Waals surface area contributed by atoms with Gasteiger partial charge in [0.05, 0.1) is 6.20 Å². The topological polar surface area (TPSA) is 34.9 Å². The predicted molar refractivity (Wildman–Crippen MR) is 63.6 cm³/mol. The highest BCUT2D eigenvalue weighted by Crippen LogP contribution is 2.27. The van der Waals surface area contributed by atoms with E-state index in [0.717, 1.165) is 16.7 Å². The zero-order chi connectivity index (χ0) is 11.7. The van der Waals surface area contributed by atoms with Crippen molar-refractivity contribution >= 4 is 16.8 Å². The molecule has 1 heterocycles. The van der Waals surface area contributed by atoms with Crippen LogP contribution in [0, 0.1) is 6.92 Å². The summed E-state index contributed by atoms with van der Waals surface area (Å²) in [6.07, 6.45) is 1.66. The Morgan fingerprint density at radius 3 is 2.62 bits per heavy atom. The molecule has 0 bridgehead atoms. The van der Waals surface area contributed by atoms with Gasteiger partial charge in [0.15, 0.2) is 0 Å². The van der Waals surface area contributed by atoms with Gasteiger partial charge in [-0.1, -0.05) is 24.3 Å². The smallest absolute Gasteiger partial charge is 0.271 e. The van der Waals surface area contributed by atoms with Crippen molar-refractivity contribution in [2.75, 3.05) is 0 Å². The number of aromatic nitrogens is 2. The predicted octanol–water partition coefficient (Wildman–Crippen LogP) is 2.77. The van der Waals surface area contributed by atoms with E-state index in [1.807, 2.05) is 31.2 Å². The Labute approximate surface area is 98.7 Å². The van der Waals surface area contributed by atoms with Crippen LogP contribution in [-0.4, -0.2) is 15.0 Å². The summed E-state index contributed by atoms with van der Waals surface area (Å²) in [7, 11) is 1.71. The molecule has 4 heteroatoms. The van der Waals surface area contributed by atoms with Gasteiger partial charge in [-0.25, -0.2) is 0 Å². The fourth-order valence-electron chi connectivity index (χ4n) is 1.74. The third-order valence-corrected chi connectivity index (χ3v) is 2.74. The zero-order valence-electron chi connectivity index (χ0n) is 9.07. The van der Waals surface area contributed by atoms with Crippen molar-refractivity contribution in [2.45, 2.75) is 6.92 Å². The molecule has 0 saturated heterocycles. The highest BCUT2D eigenvalue weighted by Gasteiger charge is 2.16. The molecular formula is C12H11ClN2O. The Morgan fingerprint density at radius 2 is 2.00 bits per heavy atom. The van der Waals surface area contributed by atoms with E-state index in [0.29, 0.717) is 5.69 Å². The van der Waals surface area contributed by atoms with Gasteiger partial charge in [-0.2, -0.15) is 5.10 Å². The van der Waals surface area contributed by atoms with E-state index in [1.165, 1.54) is 4.68 Å². The molecule has 0 saturated carbocycles. The Hall–Kier alpha value is -1.61. The fourth-order valence-corrected chi connectivity index (χ4v) is 1.97. The largest absolute Gasteiger partial charge is 0.274 e. The number of benzene rings is 1. The van der Waals surface area contributed by atoms with Gasteiger partial charge in [0.2, 0.25) is 0 Å². The molecule has 0 fully saturated rings. The van der Waals surface area contributed by atoms with E-state index in [2.05, 4.69) is 5.10 Å². The van der Waals surface area contributed by atoms with Crippen molar-refractivity contribution in [1.29, 1.82) is 0 Å². The lowest BCUT2D eigenvalue weighted by Crippen LogP contribution is -2.02. The van der Waals surface area contributed by atoms with Crippen LogP contribution in [0.25, 0.3) is 11.1 Å². The molecule has 0 aliphatic rings. The minimum atomic E-state index is -0.488. The number of nitrogens with zero attached hydrogens (tertiary/aromatic N) is 2. The lowest BCUT2D eigenvalue weighted by Gasteiger charge is -2.04. The standard InChI is InChI=1S/C12H11ClN2O/c1-8-5-3-4-6-9(8)10-7-14-15(2)11(10)12(13)16/h3-7H,1-2H3. The summed E-state index contributed by atoms with van der Waals surface area (Å²) in [5.74, 6) is 0. The second kappa shape index (κ2) is 4.10. The number of carbonyl (C=O) groups excluding carboxylic acids is 1. The van der Waals surface area contributed by atoms with Gasteiger partial charge in [0, 0.05) is 12.6 Å².